The van der Waals surface area contributed by atoms with Crippen LogP contribution in [0.3, 0.4) is 0 Å². The molecule has 1 fully saturated rings. The fourth-order valence-electron chi connectivity index (χ4n) is 4.52. The van der Waals surface area contributed by atoms with E-state index in [1.807, 2.05) is 12.1 Å². The SMILES string of the molecule is O=c1ccc(-c2ccncc2)nn1CC1CCCN1Cc1cn2c(n1)CCCC2. The van der Waals surface area contributed by atoms with Gasteiger partial charge < -0.3 is 4.57 Å². The Morgan fingerprint density at radius 2 is 1.93 bits per heavy atom. The van der Waals surface area contributed by atoms with E-state index in [1.165, 1.54) is 18.7 Å². The number of pyridine rings is 1. The van der Waals surface area contributed by atoms with Gasteiger partial charge in [-0.2, -0.15) is 5.10 Å². The quantitative estimate of drug-likeness (QED) is 0.670. The van der Waals surface area contributed by atoms with E-state index in [2.05, 4.69) is 25.7 Å². The molecule has 1 saturated heterocycles. The highest BCUT2D eigenvalue weighted by molar-refractivity contribution is 5.56. The molecule has 0 amide bonds. The molecule has 7 heteroatoms. The Kier molecular flexibility index (Phi) is 4.97. The van der Waals surface area contributed by atoms with Gasteiger partial charge in [-0.3, -0.25) is 14.7 Å². The summed E-state index contributed by atoms with van der Waals surface area (Å²) in [5.41, 5.74) is 2.88. The summed E-state index contributed by atoms with van der Waals surface area (Å²) in [6.07, 6.45) is 11.5. The molecular weight excluding hydrogens is 364 g/mol. The highest BCUT2D eigenvalue weighted by Gasteiger charge is 2.27. The Morgan fingerprint density at radius 3 is 2.79 bits per heavy atom. The predicted molar refractivity (Wildman–Crippen MR) is 110 cm³/mol. The van der Waals surface area contributed by atoms with Gasteiger partial charge in [0.25, 0.3) is 5.56 Å². The second-order valence-electron chi connectivity index (χ2n) is 8.04. The second-order valence-corrected chi connectivity index (χ2v) is 8.04. The molecule has 29 heavy (non-hydrogen) atoms. The van der Waals surface area contributed by atoms with E-state index in [-0.39, 0.29) is 5.56 Å². The smallest absolute Gasteiger partial charge is 0.266 e. The first-order valence-corrected chi connectivity index (χ1v) is 10.5. The first-order chi connectivity index (χ1) is 14.3. The summed E-state index contributed by atoms with van der Waals surface area (Å²) in [6, 6.07) is 7.55. The van der Waals surface area contributed by atoms with Gasteiger partial charge in [-0.25, -0.2) is 9.67 Å². The summed E-state index contributed by atoms with van der Waals surface area (Å²) < 4.78 is 3.94. The standard InChI is InChI=1S/C22H26N6O/c29-22-7-6-20(17-8-10-23-11-9-17)25-28(22)16-19-4-3-13-26(19)14-18-15-27-12-2-1-5-21(27)24-18/h6-11,15,19H,1-5,12-14,16H2. The van der Waals surface area contributed by atoms with Crippen molar-refractivity contribution < 1.29 is 0 Å². The predicted octanol–water partition coefficient (Wildman–Crippen LogP) is 2.50. The molecule has 0 aromatic carbocycles. The first-order valence-electron chi connectivity index (χ1n) is 10.5. The minimum atomic E-state index is -0.0490. The number of likely N-dealkylation sites (tertiary alicyclic amines) is 1. The van der Waals surface area contributed by atoms with Crippen LogP contribution in [0.15, 0.2) is 47.7 Å². The largest absolute Gasteiger partial charge is 0.335 e. The van der Waals surface area contributed by atoms with Gasteiger partial charge in [0, 0.05) is 55.8 Å². The van der Waals surface area contributed by atoms with E-state index < -0.39 is 0 Å². The highest BCUT2D eigenvalue weighted by Crippen LogP contribution is 2.23. The van der Waals surface area contributed by atoms with Crippen LogP contribution in [0.5, 0.6) is 0 Å². The van der Waals surface area contributed by atoms with Crippen molar-refractivity contribution in [2.75, 3.05) is 6.54 Å². The Balaban J connectivity index is 1.33. The van der Waals surface area contributed by atoms with E-state index in [4.69, 9.17) is 4.98 Å². The summed E-state index contributed by atoms with van der Waals surface area (Å²) in [5.74, 6) is 1.23. The maximum atomic E-state index is 12.4. The summed E-state index contributed by atoms with van der Waals surface area (Å²) in [6.45, 7) is 3.60. The molecule has 150 valence electrons. The third-order valence-electron chi connectivity index (χ3n) is 6.05. The number of hydrogen-bond donors (Lipinski definition) is 0. The van der Waals surface area contributed by atoms with E-state index in [0.29, 0.717) is 12.6 Å². The molecule has 2 aliphatic heterocycles. The summed E-state index contributed by atoms with van der Waals surface area (Å²) in [5, 5.41) is 4.63. The molecule has 5 rings (SSSR count). The van der Waals surface area contributed by atoms with Gasteiger partial charge in [-0.05, 0) is 50.4 Å². The van der Waals surface area contributed by atoms with Crippen LogP contribution in [-0.2, 0) is 26.1 Å². The number of imidazole rings is 1. The maximum Gasteiger partial charge on any atom is 0.266 e. The van der Waals surface area contributed by atoms with Crippen molar-refractivity contribution in [3.63, 3.8) is 0 Å². The lowest BCUT2D eigenvalue weighted by Gasteiger charge is -2.24. The highest BCUT2D eigenvalue weighted by atomic mass is 16.1. The Morgan fingerprint density at radius 1 is 1.03 bits per heavy atom. The molecule has 0 radical (unpaired) electrons. The third kappa shape index (κ3) is 3.87. The van der Waals surface area contributed by atoms with Crippen LogP contribution in [0, 0.1) is 0 Å². The molecule has 3 aromatic heterocycles. The van der Waals surface area contributed by atoms with Crippen LogP contribution in [0.2, 0.25) is 0 Å². The lowest BCUT2D eigenvalue weighted by Crippen LogP contribution is -2.36. The molecule has 5 heterocycles. The van der Waals surface area contributed by atoms with Gasteiger partial charge in [0.2, 0.25) is 0 Å². The number of aryl methyl sites for hydroxylation is 2. The van der Waals surface area contributed by atoms with Gasteiger partial charge in [0.15, 0.2) is 0 Å². The zero-order valence-electron chi connectivity index (χ0n) is 16.6. The van der Waals surface area contributed by atoms with E-state index in [0.717, 1.165) is 55.8 Å². The van der Waals surface area contributed by atoms with Gasteiger partial charge in [0.1, 0.15) is 5.82 Å². The Labute approximate surface area is 170 Å². The van der Waals surface area contributed by atoms with Crippen molar-refractivity contribution >= 4 is 0 Å². The fraction of sp³-hybridized carbons (Fsp3) is 0.455. The van der Waals surface area contributed by atoms with Gasteiger partial charge in [-0.1, -0.05) is 0 Å². The van der Waals surface area contributed by atoms with Crippen molar-refractivity contribution in [2.24, 2.45) is 0 Å². The van der Waals surface area contributed by atoms with Gasteiger partial charge >= 0.3 is 0 Å². The van der Waals surface area contributed by atoms with Crippen LogP contribution in [-0.4, -0.2) is 41.8 Å². The number of hydrogen-bond acceptors (Lipinski definition) is 5. The van der Waals surface area contributed by atoms with Crippen molar-refractivity contribution in [3.8, 4) is 11.3 Å². The monoisotopic (exact) mass is 390 g/mol. The van der Waals surface area contributed by atoms with Crippen LogP contribution in [0.1, 0.15) is 37.2 Å². The van der Waals surface area contributed by atoms with Crippen LogP contribution < -0.4 is 5.56 Å². The molecule has 0 N–H and O–H groups in total. The molecule has 3 aromatic rings. The lowest BCUT2D eigenvalue weighted by atomic mass is 10.2. The lowest BCUT2D eigenvalue weighted by molar-refractivity contribution is 0.215. The van der Waals surface area contributed by atoms with E-state index >= 15 is 0 Å². The molecule has 0 bridgehead atoms. The fourth-order valence-corrected chi connectivity index (χ4v) is 4.52. The summed E-state index contributed by atoms with van der Waals surface area (Å²) in [7, 11) is 0. The number of nitrogens with zero attached hydrogens (tertiary/aromatic N) is 6. The molecule has 0 saturated carbocycles. The van der Waals surface area contributed by atoms with Crippen LogP contribution in [0.25, 0.3) is 11.3 Å². The summed E-state index contributed by atoms with van der Waals surface area (Å²) >= 11 is 0. The van der Waals surface area contributed by atoms with Gasteiger partial charge in [0.05, 0.1) is 17.9 Å². The van der Waals surface area contributed by atoms with Crippen molar-refractivity contribution in [3.05, 3.63) is 64.7 Å². The maximum absolute atomic E-state index is 12.4. The van der Waals surface area contributed by atoms with Crippen LogP contribution >= 0.6 is 0 Å². The van der Waals surface area contributed by atoms with Crippen molar-refractivity contribution in [1.29, 1.82) is 0 Å². The van der Waals surface area contributed by atoms with E-state index in [9.17, 15) is 4.79 Å². The average molecular weight is 390 g/mol. The zero-order chi connectivity index (χ0) is 19.6. The Bertz CT molecular complexity index is 1020. The second kappa shape index (κ2) is 7.91. The molecular formula is C22H26N6O. The molecule has 0 spiro atoms. The van der Waals surface area contributed by atoms with Crippen molar-refractivity contribution in [2.45, 2.75) is 57.8 Å². The minimum absolute atomic E-state index is 0.0490. The normalized spacial score (nSPS) is 19.4. The minimum Gasteiger partial charge on any atom is -0.335 e. The Hall–Kier alpha value is -2.80. The molecule has 0 aliphatic carbocycles. The first kappa shape index (κ1) is 18.2. The van der Waals surface area contributed by atoms with E-state index in [1.54, 1.807) is 29.2 Å². The zero-order valence-corrected chi connectivity index (χ0v) is 16.6. The van der Waals surface area contributed by atoms with Gasteiger partial charge in [-0.15, -0.1) is 0 Å². The molecule has 1 atom stereocenters. The number of fused-ring (bicyclic) bond motifs is 1. The summed E-state index contributed by atoms with van der Waals surface area (Å²) in [4.78, 5) is 23.8. The third-order valence-corrected chi connectivity index (χ3v) is 6.05. The average Bonchev–Trinajstić information content (AvgIpc) is 3.36. The molecule has 2 aliphatic rings. The number of rotatable bonds is 5. The molecule has 1 unspecified atom stereocenters. The van der Waals surface area contributed by atoms with Crippen LogP contribution in [0.4, 0.5) is 0 Å². The van der Waals surface area contributed by atoms with Crippen molar-refractivity contribution in [1.82, 2.24) is 29.2 Å². The number of aromatic nitrogens is 5. The topological polar surface area (TPSA) is 68.8 Å². The molecule has 7 nitrogen and oxygen atoms in total.